The number of hydrogen-bond donors (Lipinski definition) is 2. The lowest BCUT2D eigenvalue weighted by atomic mass is 10.0. The standard InChI is InChI=1S/C13H14F3N3OS/c14-13(15,16)9-4-3-7(6-8(9)12(18)21)19-5-1-2-10(19)11(17)20/h3-4,6,10H,1-2,5H2,(H2,17,20)(H2,18,21). The number of nitrogens with two attached hydrogens (primary N) is 2. The van der Waals surface area contributed by atoms with Crippen LogP contribution in [0.1, 0.15) is 24.0 Å². The lowest BCUT2D eigenvalue weighted by Crippen LogP contribution is -2.40. The molecule has 1 unspecified atom stereocenters. The molecule has 0 aromatic heterocycles. The number of anilines is 1. The molecular formula is C13H14F3N3OS. The van der Waals surface area contributed by atoms with E-state index in [4.69, 9.17) is 23.7 Å². The number of alkyl halides is 3. The monoisotopic (exact) mass is 317 g/mol. The Kier molecular flexibility index (Phi) is 4.08. The summed E-state index contributed by atoms with van der Waals surface area (Å²) in [5.74, 6) is -0.496. The highest BCUT2D eigenvalue weighted by Gasteiger charge is 2.35. The molecule has 1 amide bonds. The van der Waals surface area contributed by atoms with Crippen LogP contribution >= 0.6 is 12.2 Å². The zero-order chi connectivity index (χ0) is 15.8. The van der Waals surface area contributed by atoms with Gasteiger partial charge in [-0.15, -0.1) is 0 Å². The molecule has 8 heteroatoms. The third-order valence-electron chi connectivity index (χ3n) is 3.49. The third-order valence-corrected chi connectivity index (χ3v) is 3.71. The quantitative estimate of drug-likeness (QED) is 0.834. The van der Waals surface area contributed by atoms with Gasteiger partial charge in [-0.1, -0.05) is 12.2 Å². The van der Waals surface area contributed by atoms with Gasteiger partial charge in [-0.05, 0) is 31.0 Å². The minimum atomic E-state index is -4.54. The van der Waals surface area contributed by atoms with E-state index in [2.05, 4.69) is 0 Å². The van der Waals surface area contributed by atoms with Crippen molar-refractivity contribution in [2.75, 3.05) is 11.4 Å². The average Bonchev–Trinajstić information content (AvgIpc) is 2.86. The van der Waals surface area contributed by atoms with Crippen molar-refractivity contribution in [3.63, 3.8) is 0 Å². The minimum Gasteiger partial charge on any atom is -0.389 e. The number of halogens is 3. The number of benzene rings is 1. The highest BCUT2D eigenvalue weighted by atomic mass is 32.1. The second-order valence-corrected chi connectivity index (χ2v) is 5.29. The molecule has 1 aliphatic heterocycles. The smallest absolute Gasteiger partial charge is 0.389 e. The van der Waals surface area contributed by atoms with Crippen LogP contribution in [0.4, 0.5) is 18.9 Å². The van der Waals surface area contributed by atoms with Crippen LogP contribution in [-0.4, -0.2) is 23.5 Å². The molecule has 1 fully saturated rings. The van der Waals surface area contributed by atoms with Crippen molar-refractivity contribution in [3.05, 3.63) is 29.3 Å². The number of nitrogens with zero attached hydrogens (tertiary/aromatic N) is 1. The SMILES string of the molecule is NC(=O)C1CCCN1c1ccc(C(F)(F)F)c(C(N)=S)c1. The van der Waals surface area contributed by atoms with Gasteiger partial charge in [0.25, 0.3) is 0 Å². The number of primary amides is 1. The molecule has 2 rings (SSSR count). The average molecular weight is 317 g/mol. The highest BCUT2D eigenvalue weighted by Crippen LogP contribution is 2.35. The summed E-state index contributed by atoms with van der Waals surface area (Å²) in [5, 5.41) is 0. The Labute approximate surface area is 124 Å². The van der Waals surface area contributed by atoms with E-state index in [0.29, 0.717) is 18.7 Å². The largest absolute Gasteiger partial charge is 0.417 e. The molecule has 4 N–H and O–H groups in total. The zero-order valence-electron chi connectivity index (χ0n) is 11.0. The molecule has 1 saturated heterocycles. The van der Waals surface area contributed by atoms with Crippen molar-refractivity contribution in [1.82, 2.24) is 0 Å². The molecule has 0 aliphatic carbocycles. The van der Waals surface area contributed by atoms with Gasteiger partial charge in [0.05, 0.1) is 5.56 Å². The Morgan fingerprint density at radius 1 is 1.33 bits per heavy atom. The van der Waals surface area contributed by atoms with Gasteiger partial charge in [0.2, 0.25) is 5.91 Å². The molecule has 0 bridgehead atoms. The Hall–Kier alpha value is -1.83. The molecule has 21 heavy (non-hydrogen) atoms. The van der Waals surface area contributed by atoms with E-state index in [-0.39, 0.29) is 10.6 Å². The number of amides is 1. The van der Waals surface area contributed by atoms with Crippen LogP contribution in [0.2, 0.25) is 0 Å². The van der Waals surface area contributed by atoms with Gasteiger partial charge in [0.1, 0.15) is 11.0 Å². The molecule has 114 valence electrons. The van der Waals surface area contributed by atoms with E-state index in [1.165, 1.54) is 12.1 Å². The van der Waals surface area contributed by atoms with Gasteiger partial charge in [-0.2, -0.15) is 13.2 Å². The highest BCUT2D eigenvalue weighted by molar-refractivity contribution is 7.80. The predicted octanol–water partition coefficient (Wildman–Crippen LogP) is 1.79. The summed E-state index contributed by atoms with van der Waals surface area (Å²) in [4.78, 5) is 12.7. The van der Waals surface area contributed by atoms with E-state index in [9.17, 15) is 18.0 Å². The summed E-state index contributed by atoms with van der Waals surface area (Å²) in [6, 6.07) is 3.00. The molecular weight excluding hydrogens is 303 g/mol. The van der Waals surface area contributed by atoms with Crippen molar-refractivity contribution in [2.24, 2.45) is 11.5 Å². The second kappa shape index (κ2) is 5.51. The van der Waals surface area contributed by atoms with Gasteiger partial charge in [-0.3, -0.25) is 4.79 Å². The maximum atomic E-state index is 12.9. The minimum absolute atomic E-state index is 0.245. The zero-order valence-corrected chi connectivity index (χ0v) is 11.8. The summed E-state index contributed by atoms with van der Waals surface area (Å²) in [5.41, 5.74) is 10.0. The summed E-state index contributed by atoms with van der Waals surface area (Å²) < 4.78 is 38.8. The second-order valence-electron chi connectivity index (χ2n) is 4.85. The first-order valence-corrected chi connectivity index (χ1v) is 6.69. The Morgan fingerprint density at radius 3 is 2.52 bits per heavy atom. The Bertz CT molecular complexity index is 589. The summed E-state index contributed by atoms with van der Waals surface area (Å²) in [6.07, 6.45) is -3.21. The van der Waals surface area contributed by atoms with Crippen molar-refractivity contribution in [2.45, 2.75) is 25.1 Å². The third kappa shape index (κ3) is 3.10. The maximum Gasteiger partial charge on any atom is 0.417 e. The fraction of sp³-hybridized carbons (Fsp3) is 0.385. The van der Waals surface area contributed by atoms with Crippen LogP contribution in [0.3, 0.4) is 0 Å². The van der Waals surface area contributed by atoms with Crippen LogP contribution in [-0.2, 0) is 11.0 Å². The fourth-order valence-electron chi connectivity index (χ4n) is 2.53. The number of carbonyl (C=O) groups is 1. The number of thiocarbonyl (C=S) groups is 1. The van der Waals surface area contributed by atoms with Crippen LogP contribution in [0, 0.1) is 0 Å². The van der Waals surface area contributed by atoms with Crippen molar-refractivity contribution in [1.29, 1.82) is 0 Å². The van der Waals surface area contributed by atoms with Crippen LogP contribution in [0.5, 0.6) is 0 Å². The molecule has 4 nitrogen and oxygen atoms in total. The van der Waals surface area contributed by atoms with E-state index >= 15 is 0 Å². The van der Waals surface area contributed by atoms with E-state index in [1.54, 1.807) is 4.90 Å². The number of hydrogen-bond acceptors (Lipinski definition) is 3. The molecule has 1 atom stereocenters. The van der Waals surface area contributed by atoms with Gasteiger partial charge >= 0.3 is 6.18 Å². The van der Waals surface area contributed by atoms with E-state index < -0.39 is 23.7 Å². The fourth-order valence-corrected chi connectivity index (χ4v) is 2.70. The van der Waals surface area contributed by atoms with E-state index in [1.807, 2.05) is 0 Å². The molecule has 0 saturated carbocycles. The molecule has 0 radical (unpaired) electrons. The molecule has 1 aromatic rings. The summed E-state index contributed by atoms with van der Waals surface area (Å²) in [6.45, 7) is 0.551. The van der Waals surface area contributed by atoms with Crippen LogP contribution in [0.25, 0.3) is 0 Å². The Morgan fingerprint density at radius 2 is 2.00 bits per heavy atom. The molecule has 0 spiro atoms. The lowest BCUT2D eigenvalue weighted by molar-refractivity contribution is -0.137. The normalized spacial score (nSPS) is 18.8. The molecule has 1 aromatic carbocycles. The van der Waals surface area contributed by atoms with Gasteiger partial charge in [-0.25, -0.2) is 0 Å². The van der Waals surface area contributed by atoms with Crippen molar-refractivity contribution >= 4 is 28.8 Å². The van der Waals surface area contributed by atoms with E-state index in [0.717, 1.165) is 12.5 Å². The summed E-state index contributed by atoms with van der Waals surface area (Å²) in [7, 11) is 0. The van der Waals surface area contributed by atoms with Crippen molar-refractivity contribution in [3.8, 4) is 0 Å². The number of carbonyl (C=O) groups excluding carboxylic acids is 1. The van der Waals surface area contributed by atoms with Gasteiger partial charge in [0.15, 0.2) is 0 Å². The maximum absolute atomic E-state index is 12.9. The van der Waals surface area contributed by atoms with Gasteiger partial charge < -0.3 is 16.4 Å². The van der Waals surface area contributed by atoms with Gasteiger partial charge in [0, 0.05) is 17.8 Å². The number of rotatable bonds is 3. The lowest BCUT2D eigenvalue weighted by Gasteiger charge is -2.25. The first-order valence-electron chi connectivity index (χ1n) is 6.29. The van der Waals surface area contributed by atoms with Crippen molar-refractivity contribution < 1.29 is 18.0 Å². The van der Waals surface area contributed by atoms with Crippen LogP contribution < -0.4 is 16.4 Å². The first kappa shape index (κ1) is 15.6. The summed E-state index contributed by atoms with van der Waals surface area (Å²) >= 11 is 4.70. The molecule has 1 aliphatic rings. The predicted molar refractivity (Wildman–Crippen MR) is 76.9 cm³/mol. The first-order chi connectivity index (χ1) is 9.71. The topological polar surface area (TPSA) is 72.4 Å². The van der Waals surface area contributed by atoms with Crippen LogP contribution in [0.15, 0.2) is 18.2 Å². The molecule has 1 heterocycles. The Balaban J connectivity index is 2.45.